The van der Waals surface area contributed by atoms with E-state index in [2.05, 4.69) is 0 Å². The van der Waals surface area contributed by atoms with Crippen LogP contribution in [0.5, 0.6) is 0 Å². The summed E-state index contributed by atoms with van der Waals surface area (Å²) in [5.41, 5.74) is -0.539. The maximum absolute atomic E-state index is 11.4. The lowest BCUT2D eigenvalue weighted by Gasteiger charge is -2.56. The van der Waals surface area contributed by atoms with E-state index in [0.717, 1.165) is 32.1 Å². The highest BCUT2D eigenvalue weighted by Crippen LogP contribution is 2.61. The number of aliphatic carboxylic acids is 1. The van der Waals surface area contributed by atoms with Gasteiger partial charge in [-0.25, -0.2) is 0 Å². The smallest absolute Gasteiger partial charge is 0.310 e. The first-order valence-corrected chi connectivity index (χ1v) is 5.71. The number of rotatable bonds is 1. The second-order valence-corrected chi connectivity index (χ2v) is 4.91. The van der Waals surface area contributed by atoms with Crippen LogP contribution in [0.4, 0.5) is 0 Å². The lowest BCUT2D eigenvalue weighted by atomic mass is 9.51. The third-order valence-corrected chi connectivity index (χ3v) is 4.43. The molecule has 2 saturated carbocycles. The van der Waals surface area contributed by atoms with Crippen molar-refractivity contribution in [2.75, 3.05) is 13.2 Å². The third-order valence-electron chi connectivity index (χ3n) is 4.43. The monoisotopic (exact) mass is 212 g/mol. The van der Waals surface area contributed by atoms with Crippen LogP contribution < -0.4 is 0 Å². The first kappa shape index (κ1) is 9.60. The van der Waals surface area contributed by atoms with Crippen LogP contribution in [-0.4, -0.2) is 30.1 Å². The Hall–Kier alpha value is -0.610. The van der Waals surface area contributed by atoms with Gasteiger partial charge in [-0.2, -0.15) is 0 Å². The fourth-order valence-electron chi connectivity index (χ4n) is 3.58. The van der Waals surface area contributed by atoms with E-state index in [9.17, 15) is 9.90 Å². The Labute approximate surface area is 88.6 Å². The highest BCUT2D eigenvalue weighted by atomic mass is 16.7. The second-order valence-electron chi connectivity index (χ2n) is 4.91. The van der Waals surface area contributed by atoms with Gasteiger partial charge in [0.25, 0.3) is 0 Å². The van der Waals surface area contributed by atoms with Crippen LogP contribution >= 0.6 is 0 Å². The molecule has 4 heteroatoms. The zero-order valence-electron chi connectivity index (χ0n) is 8.70. The molecule has 0 bridgehead atoms. The van der Waals surface area contributed by atoms with Gasteiger partial charge in [0.1, 0.15) is 0 Å². The van der Waals surface area contributed by atoms with Gasteiger partial charge in [-0.15, -0.1) is 0 Å². The molecule has 0 aromatic rings. The Kier molecular flexibility index (Phi) is 1.89. The van der Waals surface area contributed by atoms with Gasteiger partial charge in [0.15, 0.2) is 5.79 Å². The van der Waals surface area contributed by atoms with Gasteiger partial charge in [-0.05, 0) is 25.7 Å². The first-order valence-electron chi connectivity index (χ1n) is 5.71. The molecule has 4 nitrogen and oxygen atoms in total. The van der Waals surface area contributed by atoms with Gasteiger partial charge >= 0.3 is 5.97 Å². The molecule has 0 aromatic heterocycles. The summed E-state index contributed by atoms with van der Waals surface area (Å²) in [6.07, 6.45) is 4.30. The summed E-state index contributed by atoms with van der Waals surface area (Å²) < 4.78 is 11.4. The summed E-state index contributed by atoms with van der Waals surface area (Å²) in [6.45, 7) is 1.23. The summed E-state index contributed by atoms with van der Waals surface area (Å²) >= 11 is 0. The number of carbonyl (C=O) groups is 1. The molecular formula is C11H16O4. The van der Waals surface area contributed by atoms with E-state index in [1.54, 1.807) is 0 Å². The van der Waals surface area contributed by atoms with Crippen molar-refractivity contribution in [3.05, 3.63) is 0 Å². The van der Waals surface area contributed by atoms with Gasteiger partial charge in [-0.3, -0.25) is 4.79 Å². The molecule has 0 radical (unpaired) electrons. The zero-order valence-corrected chi connectivity index (χ0v) is 8.70. The number of fused-ring (bicyclic) bond motifs is 2. The summed E-state index contributed by atoms with van der Waals surface area (Å²) in [5, 5.41) is 9.35. The molecule has 1 spiro atoms. The molecule has 3 rings (SSSR count). The fourth-order valence-corrected chi connectivity index (χ4v) is 3.58. The molecule has 1 unspecified atom stereocenters. The predicted octanol–water partition coefficient (Wildman–Crippen LogP) is 1.39. The van der Waals surface area contributed by atoms with Gasteiger partial charge < -0.3 is 14.6 Å². The molecule has 3 fully saturated rings. The van der Waals surface area contributed by atoms with Crippen molar-refractivity contribution in [3.8, 4) is 0 Å². The Balaban J connectivity index is 1.92. The molecule has 1 aliphatic heterocycles. The largest absolute Gasteiger partial charge is 0.481 e. The number of hydrogen-bond acceptors (Lipinski definition) is 3. The van der Waals surface area contributed by atoms with Gasteiger partial charge in [0, 0.05) is 12.3 Å². The van der Waals surface area contributed by atoms with Crippen LogP contribution in [0.25, 0.3) is 0 Å². The maximum atomic E-state index is 11.4. The van der Waals surface area contributed by atoms with Gasteiger partial charge in [-0.1, -0.05) is 0 Å². The minimum Gasteiger partial charge on any atom is -0.481 e. The van der Waals surface area contributed by atoms with Crippen LogP contribution in [-0.2, 0) is 14.3 Å². The SMILES string of the molecule is O=C(O)[C@]12CCCC3(OCCO3)C1CC2. The van der Waals surface area contributed by atoms with Gasteiger partial charge in [0.05, 0.1) is 18.6 Å². The highest BCUT2D eigenvalue weighted by Gasteiger charge is 2.65. The molecule has 2 aliphatic carbocycles. The third kappa shape index (κ3) is 1.06. The van der Waals surface area contributed by atoms with E-state index in [1.165, 1.54) is 0 Å². The second kappa shape index (κ2) is 2.95. The van der Waals surface area contributed by atoms with Crippen LogP contribution in [0.2, 0.25) is 0 Å². The van der Waals surface area contributed by atoms with E-state index in [0.29, 0.717) is 13.2 Å². The Morgan fingerprint density at radius 2 is 1.93 bits per heavy atom. The molecule has 3 aliphatic rings. The van der Waals surface area contributed by atoms with Crippen LogP contribution in [0.1, 0.15) is 32.1 Å². The Morgan fingerprint density at radius 1 is 1.20 bits per heavy atom. The maximum Gasteiger partial charge on any atom is 0.310 e. The summed E-state index contributed by atoms with van der Waals surface area (Å²) in [4.78, 5) is 11.4. The average molecular weight is 212 g/mol. The lowest BCUT2D eigenvalue weighted by Crippen LogP contribution is -2.60. The van der Waals surface area contributed by atoms with E-state index < -0.39 is 17.2 Å². The van der Waals surface area contributed by atoms with E-state index >= 15 is 0 Å². The molecule has 15 heavy (non-hydrogen) atoms. The molecule has 0 aromatic carbocycles. The molecule has 84 valence electrons. The number of carboxylic acid groups (broad SMARTS) is 1. The first-order chi connectivity index (χ1) is 7.20. The Morgan fingerprint density at radius 3 is 2.47 bits per heavy atom. The quantitative estimate of drug-likeness (QED) is 0.713. The molecule has 1 saturated heterocycles. The minimum atomic E-state index is -0.656. The van der Waals surface area contributed by atoms with Crippen LogP contribution in [0.15, 0.2) is 0 Å². The molecule has 2 atom stereocenters. The minimum absolute atomic E-state index is 0.0822. The van der Waals surface area contributed by atoms with Crippen LogP contribution in [0, 0.1) is 11.3 Å². The van der Waals surface area contributed by atoms with Crippen molar-refractivity contribution in [2.45, 2.75) is 37.9 Å². The van der Waals surface area contributed by atoms with Crippen molar-refractivity contribution in [2.24, 2.45) is 11.3 Å². The lowest BCUT2D eigenvalue weighted by molar-refractivity contribution is -0.274. The van der Waals surface area contributed by atoms with Crippen molar-refractivity contribution in [3.63, 3.8) is 0 Å². The number of hydrogen-bond donors (Lipinski definition) is 1. The number of carboxylic acids is 1. The van der Waals surface area contributed by atoms with Crippen molar-refractivity contribution in [1.29, 1.82) is 0 Å². The van der Waals surface area contributed by atoms with E-state index in [-0.39, 0.29) is 5.92 Å². The van der Waals surface area contributed by atoms with Crippen molar-refractivity contribution < 1.29 is 19.4 Å². The predicted molar refractivity (Wildman–Crippen MR) is 51.3 cm³/mol. The Bertz CT molecular complexity index is 295. The van der Waals surface area contributed by atoms with E-state index in [4.69, 9.17) is 9.47 Å². The number of ether oxygens (including phenoxy) is 2. The van der Waals surface area contributed by atoms with E-state index in [1.807, 2.05) is 0 Å². The van der Waals surface area contributed by atoms with Crippen molar-refractivity contribution in [1.82, 2.24) is 0 Å². The standard InChI is InChI=1S/C11H16O4/c12-9(13)10-3-1-4-11(8(10)2-5-10)14-6-7-15-11/h8H,1-7H2,(H,12,13)/t8?,10-/m0/s1. The summed E-state index contributed by atoms with van der Waals surface area (Å²) in [5.74, 6) is -1.12. The van der Waals surface area contributed by atoms with Gasteiger partial charge in [0.2, 0.25) is 0 Å². The molecule has 0 amide bonds. The topological polar surface area (TPSA) is 55.8 Å². The average Bonchev–Trinajstić information content (AvgIpc) is 2.57. The molecule has 1 heterocycles. The zero-order chi connectivity index (χ0) is 10.5. The summed E-state index contributed by atoms with van der Waals surface area (Å²) in [6, 6.07) is 0. The highest BCUT2D eigenvalue weighted by molar-refractivity contribution is 5.76. The van der Waals surface area contributed by atoms with Crippen LogP contribution in [0.3, 0.4) is 0 Å². The fraction of sp³-hybridized carbons (Fsp3) is 0.909. The normalized spacial score (nSPS) is 42.3. The summed E-state index contributed by atoms with van der Waals surface area (Å²) in [7, 11) is 0. The molecular weight excluding hydrogens is 196 g/mol. The molecule has 1 N–H and O–H groups in total. The van der Waals surface area contributed by atoms with Crippen molar-refractivity contribution >= 4 is 5.97 Å².